The number of fused-ring (bicyclic) bond motifs is 1. The van der Waals surface area contributed by atoms with Gasteiger partial charge >= 0.3 is 0 Å². The molecule has 0 aromatic heterocycles. The molecule has 4 atom stereocenters. The lowest BCUT2D eigenvalue weighted by atomic mass is 10.1. The third-order valence-electron chi connectivity index (χ3n) is 3.15. The Morgan fingerprint density at radius 1 is 1.25 bits per heavy atom. The van der Waals surface area contributed by atoms with Crippen molar-refractivity contribution < 1.29 is 20.1 Å². The van der Waals surface area contributed by atoms with E-state index in [4.69, 9.17) is 33.0 Å². The quantitative estimate of drug-likeness (QED) is 0.514. The van der Waals surface area contributed by atoms with Gasteiger partial charge in [0.15, 0.2) is 12.1 Å². The number of halogens is 2. The van der Waals surface area contributed by atoms with Crippen molar-refractivity contribution in [1.29, 1.82) is 0 Å². The lowest BCUT2D eigenvalue weighted by Crippen LogP contribution is -2.33. The Kier molecular flexibility index (Phi) is 3.53. The Morgan fingerprint density at radius 3 is 2.65 bits per heavy atom. The van der Waals surface area contributed by atoms with E-state index in [1.165, 1.54) is 10.9 Å². The molecule has 1 saturated heterocycles. The zero-order chi connectivity index (χ0) is 14.4. The van der Waals surface area contributed by atoms with Crippen molar-refractivity contribution in [2.45, 2.75) is 24.5 Å². The number of rotatable bonds is 2. The summed E-state index contributed by atoms with van der Waals surface area (Å²) in [5.41, 5.74) is 0.300. The van der Waals surface area contributed by atoms with Crippen LogP contribution < -0.4 is 0 Å². The molecular weight excluding hydrogens is 311 g/mol. The minimum absolute atomic E-state index is 0.0714. The largest absolute Gasteiger partial charge is 0.394 e. The van der Waals surface area contributed by atoms with Gasteiger partial charge < -0.3 is 20.1 Å². The molecule has 0 amide bonds. The standard InChI is InChI=1S/C10H10Cl2N4O4/c11-7-4-8(14-2-13-4)15-10(12)16(7)9-6(19)5(18)3(1-17)20-9/h2-3,5-6,9,17-19H,1H2/t3-,5+,6-,9-/m1/s1. The van der Waals surface area contributed by atoms with Gasteiger partial charge in [-0.3, -0.25) is 4.57 Å². The van der Waals surface area contributed by atoms with Crippen molar-refractivity contribution >= 4 is 23.2 Å². The molecule has 0 unspecified atom stereocenters. The van der Waals surface area contributed by atoms with Gasteiger partial charge in [-0.05, 0) is 11.6 Å². The predicted octanol–water partition coefficient (Wildman–Crippen LogP) is -0.304. The summed E-state index contributed by atoms with van der Waals surface area (Å²) in [5.74, 6) is 0.267. The van der Waals surface area contributed by atoms with Gasteiger partial charge in [-0.15, -0.1) is 0 Å². The molecule has 20 heavy (non-hydrogen) atoms. The summed E-state index contributed by atoms with van der Waals surface area (Å²) >= 11 is 12.2. The van der Waals surface area contributed by atoms with Crippen molar-refractivity contribution in [3.63, 3.8) is 0 Å². The van der Waals surface area contributed by atoms with Crippen LogP contribution in [-0.4, -0.2) is 59.8 Å². The summed E-state index contributed by atoms with van der Waals surface area (Å²) in [6.07, 6.45) is -3.30. The van der Waals surface area contributed by atoms with Crippen molar-refractivity contribution in [2.24, 2.45) is 0 Å². The van der Waals surface area contributed by atoms with Gasteiger partial charge in [0.1, 0.15) is 35.5 Å². The fourth-order valence-electron chi connectivity index (χ4n) is 2.13. The molecule has 0 aromatic rings. The summed E-state index contributed by atoms with van der Waals surface area (Å²) in [7, 11) is 0. The van der Waals surface area contributed by atoms with E-state index in [1.54, 1.807) is 0 Å². The number of imidazole rings is 1. The van der Waals surface area contributed by atoms with Crippen LogP contribution in [0.4, 0.5) is 0 Å². The number of aliphatic hydroxyl groups is 3. The van der Waals surface area contributed by atoms with E-state index in [-0.39, 0.29) is 16.3 Å². The Morgan fingerprint density at radius 2 is 2.00 bits per heavy atom. The molecule has 8 nitrogen and oxygen atoms in total. The minimum atomic E-state index is -1.31. The highest BCUT2D eigenvalue weighted by Gasteiger charge is 2.45. The SMILES string of the molecule is OC[C@H]1O[C@@H](n2c(Cl)nc3ncnc-3c2Cl)[C@H](O)[C@H]1O. The van der Waals surface area contributed by atoms with Crippen LogP contribution in [0.3, 0.4) is 0 Å². The molecule has 1 fully saturated rings. The van der Waals surface area contributed by atoms with Crippen molar-refractivity contribution in [3.8, 4) is 11.5 Å². The Bertz CT molecular complexity index is 609. The van der Waals surface area contributed by atoms with Gasteiger partial charge in [0, 0.05) is 0 Å². The summed E-state index contributed by atoms with van der Waals surface area (Å²) in [6.45, 7) is -0.448. The van der Waals surface area contributed by atoms with E-state index in [9.17, 15) is 10.2 Å². The molecule has 0 spiro atoms. The highest BCUT2D eigenvalue weighted by molar-refractivity contribution is 6.34. The lowest BCUT2D eigenvalue weighted by molar-refractivity contribution is -0.0531. The second-order valence-corrected chi connectivity index (χ2v) is 5.01. The summed E-state index contributed by atoms with van der Waals surface area (Å²) in [5, 5.41) is 28.8. The smallest absolute Gasteiger partial charge is 0.208 e. The molecule has 0 radical (unpaired) electrons. The third kappa shape index (κ3) is 1.96. The summed E-state index contributed by atoms with van der Waals surface area (Å²) in [4.78, 5) is 11.8. The molecule has 0 aliphatic carbocycles. The first kappa shape index (κ1) is 13.9. The van der Waals surface area contributed by atoms with Gasteiger partial charge in [-0.25, -0.2) is 9.97 Å². The number of aliphatic hydroxyl groups excluding tert-OH is 3. The van der Waals surface area contributed by atoms with Gasteiger partial charge in [-0.1, -0.05) is 11.6 Å². The van der Waals surface area contributed by atoms with Crippen LogP contribution in [-0.2, 0) is 4.74 Å². The second kappa shape index (κ2) is 5.06. The Balaban J connectivity index is 2.09. The first-order chi connectivity index (χ1) is 9.54. The predicted molar refractivity (Wildman–Crippen MR) is 67.5 cm³/mol. The van der Waals surface area contributed by atoms with E-state index in [2.05, 4.69) is 15.0 Å². The molecule has 10 heteroatoms. The Hall–Kier alpha value is -1.03. The number of nitrogens with zero attached hydrogens (tertiary/aromatic N) is 4. The summed E-state index contributed by atoms with van der Waals surface area (Å²) in [6, 6.07) is 0. The monoisotopic (exact) mass is 320 g/mol. The molecule has 0 bridgehead atoms. The van der Waals surface area contributed by atoms with Gasteiger partial charge in [0.25, 0.3) is 0 Å². The van der Waals surface area contributed by atoms with Crippen LogP contribution in [0.25, 0.3) is 11.5 Å². The molecule has 3 rings (SSSR count). The summed E-state index contributed by atoms with van der Waals surface area (Å²) < 4.78 is 6.56. The van der Waals surface area contributed by atoms with Crippen molar-refractivity contribution in [3.05, 3.63) is 16.8 Å². The van der Waals surface area contributed by atoms with Crippen LogP contribution in [0.1, 0.15) is 6.23 Å². The van der Waals surface area contributed by atoms with Gasteiger partial charge in [0.05, 0.1) is 6.61 Å². The number of aromatic nitrogens is 4. The van der Waals surface area contributed by atoms with Gasteiger partial charge in [-0.2, -0.15) is 4.98 Å². The highest BCUT2D eigenvalue weighted by Crippen LogP contribution is 2.37. The average molecular weight is 321 g/mol. The maximum Gasteiger partial charge on any atom is 0.208 e. The molecule has 3 heterocycles. The molecular formula is C10H10Cl2N4O4. The van der Waals surface area contributed by atoms with E-state index in [1.807, 2.05) is 0 Å². The molecule has 3 aliphatic rings. The van der Waals surface area contributed by atoms with E-state index < -0.39 is 31.1 Å². The van der Waals surface area contributed by atoms with Crippen molar-refractivity contribution in [1.82, 2.24) is 19.5 Å². The molecule has 3 N–H and O–H groups in total. The average Bonchev–Trinajstić information content (AvgIpc) is 2.98. The van der Waals surface area contributed by atoms with Crippen molar-refractivity contribution in [2.75, 3.05) is 6.61 Å². The molecule has 3 aliphatic heterocycles. The minimum Gasteiger partial charge on any atom is -0.394 e. The fraction of sp³-hybridized carbons (Fsp3) is 0.500. The first-order valence-corrected chi connectivity index (χ1v) is 6.46. The van der Waals surface area contributed by atoms with E-state index >= 15 is 0 Å². The van der Waals surface area contributed by atoms with Crippen LogP contribution in [0.5, 0.6) is 0 Å². The number of hydrogen-bond donors (Lipinski definition) is 3. The zero-order valence-corrected chi connectivity index (χ0v) is 11.4. The number of hydrogen-bond acceptors (Lipinski definition) is 7. The van der Waals surface area contributed by atoms with Crippen LogP contribution >= 0.6 is 23.2 Å². The van der Waals surface area contributed by atoms with Gasteiger partial charge in [0.2, 0.25) is 5.28 Å². The molecule has 0 aromatic carbocycles. The first-order valence-electron chi connectivity index (χ1n) is 5.71. The van der Waals surface area contributed by atoms with E-state index in [0.717, 1.165) is 0 Å². The lowest BCUT2D eigenvalue weighted by Gasteiger charge is -2.22. The Labute approximate surface area is 122 Å². The van der Waals surface area contributed by atoms with E-state index in [0.29, 0.717) is 5.69 Å². The molecule has 0 saturated carbocycles. The van der Waals surface area contributed by atoms with Crippen LogP contribution in [0, 0.1) is 0 Å². The van der Waals surface area contributed by atoms with Crippen LogP contribution in [0.15, 0.2) is 6.33 Å². The number of ether oxygens (including phenoxy) is 1. The normalized spacial score (nSPS) is 30.2. The third-order valence-corrected chi connectivity index (χ3v) is 3.78. The zero-order valence-electron chi connectivity index (χ0n) is 9.89. The van der Waals surface area contributed by atoms with Crippen LogP contribution in [0.2, 0.25) is 10.4 Å². The maximum absolute atomic E-state index is 10.00. The topological polar surface area (TPSA) is 114 Å². The highest BCUT2D eigenvalue weighted by atomic mass is 35.5. The molecule has 108 valence electrons. The fourth-order valence-corrected chi connectivity index (χ4v) is 2.75. The maximum atomic E-state index is 10.00. The second-order valence-electron chi connectivity index (χ2n) is 4.32.